The zero-order chi connectivity index (χ0) is 12.6. The van der Waals surface area contributed by atoms with Gasteiger partial charge in [0.05, 0.1) is 0 Å². The van der Waals surface area contributed by atoms with Crippen LogP contribution in [0.15, 0.2) is 60.7 Å². The van der Waals surface area contributed by atoms with Crippen molar-refractivity contribution in [3.05, 3.63) is 60.7 Å². The number of nitrogens with one attached hydrogen (secondary N) is 1. The quantitative estimate of drug-likeness (QED) is 0.819. The molecule has 2 N–H and O–H groups in total. The average Bonchev–Trinajstić information content (AvgIpc) is 2.45. The molecule has 0 aromatic heterocycles. The molecule has 0 bridgehead atoms. The first-order chi connectivity index (χ1) is 8.84. The van der Waals surface area contributed by atoms with Crippen molar-refractivity contribution in [2.45, 2.75) is 6.10 Å². The second kappa shape index (κ2) is 6.67. The van der Waals surface area contributed by atoms with Gasteiger partial charge in [-0.3, -0.25) is 0 Å². The Labute approximate surface area is 107 Å². The lowest BCUT2D eigenvalue weighted by atomic mass is 10.3. The van der Waals surface area contributed by atoms with E-state index in [1.165, 1.54) is 0 Å². The molecule has 0 aliphatic carbocycles. The van der Waals surface area contributed by atoms with Crippen molar-refractivity contribution in [1.29, 1.82) is 0 Å². The molecule has 2 rings (SSSR count). The zero-order valence-electron chi connectivity index (χ0n) is 10.1. The van der Waals surface area contributed by atoms with Gasteiger partial charge in [-0.25, -0.2) is 0 Å². The van der Waals surface area contributed by atoms with Gasteiger partial charge in [0.25, 0.3) is 0 Å². The first-order valence-electron chi connectivity index (χ1n) is 5.99. The maximum atomic E-state index is 9.78. The molecule has 0 amide bonds. The van der Waals surface area contributed by atoms with Gasteiger partial charge in [0.15, 0.2) is 0 Å². The second-order valence-electron chi connectivity index (χ2n) is 4.02. The number of ether oxygens (including phenoxy) is 1. The smallest absolute Gasteiger partial charge is 0.119 e. The minimum atomic E-state index is -0.537. The van der Waals surface area contributed by atoms with E-state index in [-0.39, 0.29) is 6.61 Å². The van der Waals surface area contributed by atoms with E-state index in [1.807, 2.05) is 60.7 Å². The number of hydrogen-bond acceptors (Lipinski definition) is 3. The number of para-hydroxylation sites is 2. The van der Waals surface area contributed by atoms with Crippen molar-refractivity contribution < 1.29 is 9.84 Å². The molecule has 94 valence electrons. The highest BCUT2D eigenvalue weighted by atomic mass is 16.5. The summed E-state index contributed by atoms with van der Waals surface area (Å²) in [5.74, 6) is 0.774. The summed E-state index contributed by atoms with van der Waals surface area (Å²) < 4.78 is 5.47. The molecule has 3 heteroatoms. The molecule has 1 atom stereocenters. The number of aliphatic hydroxyl groups excluding tert-OH is 1. The van der Waals surface area contributed by atoms with Crippen LogP contribution in [0.3, 0.4) is 0 Å². The van der Waals surface area contributed by atoms with Gasteiger partial charge in [0, 0.05) is 12.2 Å². The van der Waals surface area contributed by atoms with Gasteiger partial charge < -0.3 is 15.2 Å². The molecule has 3 nitrogen and oxygen atoms in total. The van der Waals surface area contributed by atoms with Gasteiger partial charge >= 0.3 is 0 Å². The molecule has 0 saturated carbocycles. The molecule has 0 heterocycles. The molecule has 0 saturated heterocycles. The lowest BCUT2D eigenvalue weighted by Crippen LogP contribution is -2.26. The van der Waals surface area contributed by atoms with Crippen LogP contribution in [0, 0.1) is 0 Å². The molecule has 0 aliphatic rings. The van der Waals surface area contributed by atoms with E-state index in [1.54, 1.807) is 0 Å². The summed E-state index contributed by atoms with van der Waals surface area (Å²) >= 11 is 0. The van der Waals surface area contributed by atoms with Crippen LogP contribution in [0.4, 0.5) is 5.69 Å². The van der Waals surface area contributed by atoms with Crippen LogP contribution in [0.25, 0.3) is 0 Å². The third-order valence-corrected chi connectivity index (χ3v) is 2.50. The Morgan fingerprint density at radius 3 is 2.22 bits per heavy atom. The van der Waals surface area contributed by atoms with Gasteiger partial charge in [-0.15, -0.1) is 0 Å². The van der Waals surface area contributed by atoms with Crippen LogP contribution in [-0.4, -0.2) is 24.4 Å². The molecule has 18 heavy (non-hydrogen) atoms. The Bertz CT molecular complexity index is 401. The van der Waals surface area contributed by atoms with Crippen LogP contribution in [0.5, 0.6) is 5.75 Å². The standard InChI is InChI=1S/C15H17NO2/c17-14(11-16-13-7-3-1-4-8-13)12-18-15-9-5-2-6-10-15/h1-10,14,16-17H,11-12H2/t14-/m1/s1. The average molecular weight is 243 g/mol. The van der Waals surface area contributed by atoms with E-state index >= 15 is 0 Å². The number of aliphatic hydroxyl groups is 1. The van der Waals surface area contributed by atoms with E-state index in [0.29, 0.717) is 6.54 Å². The Balaban J connectivity index is 1.71. The lowest BCUT2D eigenvalue weighted by molar-refractivity contribution is 0.117. The fourth-order valence-corrected chi connectivity index (χ4v) is 1.56. The Morgan fingerprint density at radius 1 is 0.944 bits per heavy atom. The second-order valence-corrected chi connectivity index (χ2v) is 4.02. The highest BCUT2D eigenvalue weighted by molar-refractivity contribution is 5.42. The van der Waals surface area contributed by atoms with Gasteiger partial charge in [0.1, 0.15) is 18.5 Å². The van der Waals surface area contributed by atoms with E-state index < -0.39 is 6.10 Å². The van der Waals surface area contributed by atoms with Gasteiger partial charge in [-0.05, 0) is 24.3 Å². The van der Waals surface area contributed by atoms with Crippen LogP contribution in [0.2, 0.25) is 0 Å². The van der Waals surface area contributed by atoms with Crippen molar-refractivity contribution >= 4 is 5.69 Å². The normalized spacial score (nSPS) is 11.8. The molecule has 0 aliphatic heterocycles. The van der Waals surface area contributed by atoms with E-state index in [4.69, 9.17) is 4.74 Å². The van der Waals surface area contributed by atoms with Gasteiger partial charge in [-0.1, -0.05) is 36.4 Å². The van der Waals surface area contributed by atoms with Crippen molar-refractivity contribution in [2.24, 2.45) is 0 Å². The van der Waals surface area contributed by atoms with Gasteiger partial charge in [0.2, 0.25) is 0 Å². The fraction of sp³-hybridized carbons (Fsp3) is 0.200. The monoisotopic (exact) mass is 243 g/mol. The number of anilines is 1. The summed E-state index contributed by atoms with van der Waals surface area (Å²) in [6.07, 6.45) is -0.537. The molecule has 2 aromatic carbocycles. The van der Waals surface area contributed by atoms with Crippen molar-refractivity contribution in [2.75, 3.05) is 18.5 Å². The predicted octanol–water partition coefficient (Wildman–Crippen LogP) is 2.54. The maximum absolute atomic E-state index is 9.78. The Morgan fingerprint density at radius 2 is 1.56 bits per heavy atom. The molecular formula is C15H17NO2. The highest BCUT2D eigenvalue weighted by Crippen LogP contribution is 2.09. The summed E-state index contributed by atoms with van der Waals surface area (Å²) in [6.45, 7) is 0.751. The minimum Gasteiger partial charge on any atom is -0.491 e. The lowest BCUT2D eigenvalue weighted by Gasteiger charge is -2.13. The van der Waals surface area contributed by atoms with Crippen molar-refractivity contribution in [3.63, 3.8) is 0 Å². The number of rotatable bonds is 6. The Kier molecular flexibility index (Phi) is 4.61. The summed E-state index contributed by atoms with van der Waals surface area (Å²) in [5, 5.41) is 12.9. The van der Waals surface area contributed by atoms with Crippen LogP contribution in [0.1, 0.15) is 0 Å². The maximum Gasteiger partial charge on any atom is 0.119 e. The number of hydrogen-bond donors (Lipinski definition) is 2. The molecule has 2 aromatic rings. The third kappa shape index (κ3) is 4.11. The summed E-state index contributed by atoms with van der Waals surface area (Å²) in [7, 11) is 0. The van der Waals surface area contributed by atoms with E-state index in [9.17, 15) is 5.11 Å². The van der Waals surface area contributed by atoms with Crippen molar-refractivity contribution in [1.82, 2.24) is 0 Å². The topological polar surface area (TPSA) is 41.5 Å². The summed E-state index contributed by atoms with van der Waals surface area (Å²) in [4.78, 5) is 0. The SMILES string of the molecule is O[C@H](CNc1ccccc1)COc1ccccc1. The summed E-state index contributed by atoms with van der Waals surface area (Å²) in [5.41, 5.74) is 0.997. The number of benzene rings is 2. The predicted molar refractivity (Wildman–Crippen MR) is 72.9 cm³/mol. The Hall–Kier alpha value is -2.00. The zero-order valence-corrected chi connectivity index (χ0v) is 10.1. The highest BCUT2D eigenvalue weighted by Gasteiger charge is 2.04. The van der Waals surface area contributed by atoms with Crippen LogP contribution in [-0.2, 0) is 0 Å². The third-order valence-electron chi connectivity index (χ3n) is 2.50. The van der Waals surface area contributed by atoms with E-state index in [0.717, 1.165) is 11.4 Å². The molecular weight excluding hydrogens is 226 g/mol. The largest absolute Gasteiger partial charge is 0.491 e. The molecule has 0 radical (unpaired) electrons. The first-order valence-corrected chi connectivity index (χ1v) is 5.99. The minimum absolute atomic E-state index is 0.282. The fourth-order valence-electron chi connectivity index (χ4n) is 1.56. The molecule has 0 fully saturated rings. The van der Waals surface area contributed by atoms with E-state index in [2.05, 4.69) is 5.32 Å². The molecule has 0 unspecified atom stereocenters. The van der Waals surface area contributed by atoms with Crippen LogP contribution < -0.4 is 10.1 Å². The summed E-state index contributed by atoms with van der Waals surface area (Å²) in [6, 6.07) is 19.3. The van der Waals surface area contributed by atoms with Gasteiger partial charge in [-0.2, -0.15) is 0 Å². The molecule has 0 spiro atoms. The van der Waals surface area contributed by atoms with Crippen LogP contribution >= 0.6 is 0 Å². The first kappa shape index (κ1) is 12.5. The van der Waals surface area contributed by atoms with Crippen molar-refractivity contribution in [3.8, 4) is 5.75 Å².